The van der Waals surface area contributed by atoms with Gasteiger partial charge < -0.3 is 10.6 Å². The second-order valence-corrected chi connectivity index (χ2v) is 4.73. The molecule has 0 aromatic rings. The van der Waals surface area contributed by atoms with Crippen molar-refractivity contribution in [3.8, 4) is 0 Å². The molecule has 0 aromatic carbocycles. The Balaban J connectivity index is 2.25. The molecule has 1 aliphatic rings. The van der Waals surface area contributed by atoms with Crippen molar-refractivity contribution in [1.82, 2.24) is 10.6 Å². The lowest BCUT2D eigenvalue weighted by molar-refractivity contribution is -0.122. The van der Waals surface area contributed by atoms with Gasteiger partial charge in [-0.05, 0) is 25.3 Å². The summed E-state index contributed by atoms with van der Waals surface area (Å²) in [6, 6.07) is 0.438. The molecule has 1 saturated carbocycles. The Kier molecular flexibility index (Phi) is 6.46. The maximum absolute atomic E-state index is 11.7. The third kappa shape index (κ3) is 4.52. The number of rotatable bonds is 6. The lowest BCUT2D eigenvalue weighted by Gasteiger charge is -2.31. The number of carbonyl (C=O) groups is 1. The Labute approximate surface area is 99.4 Å². The molecule has 1 fully saturated rings. The van der Waals surface area contributed by atoms with Crippen LogP contribution < -0.4 is 10.6 Å². The quantitative estimate of drug-likeness (QED) is 0.681. The van der Waals surface area contributed by atoms with E-state index in [0.29, 0.717) is 18.4 Å². The van der Waals surface area contributed by atoms with E-state index < -0.39 is 0 Å². The standard InChI is InChI=1S/C13H26N2O/c1-3-11-7-5-6-8-12(11)15-13(16)9-10-14-4-2/h11-12,14H,3-10H2,1-2H3,(H,15,16). The van der Waals surface area contributed by atoms with Gasteiger partial charge in [0.1, 0.15) is 0 Å². The zero-order valence-corrected chi connectivity index (χ0v) is 10.7. The lowest BCUT2D eigenvalue weighted by atomic mass is 9.83. The van der Waals surface area contributed by atoms with E-state index >= 15 is 0 Å². The van der Waals surface area contributed by atoms with Gasteiger partial charge in [0.15, 0.2) is 0 Å². The maximum atomic E-state index is 11.7. The van der Waals surface area contributed by atoms with Gasteiger partial charge in [0.05, 0.1) is 0 Å². The topological polar surface area (TPSA) is 41.1 Å². The Morgan fingerprint density at radius 2 is 2.00 bits per heavy atom. The summed E-state index contributed by atoms with van der Waals surface area (Å²) in [6.07, 6.45) is 6.87. The van der Waals surface area contributed by atoms with Crippen molar-refractivity contribution >= 4 is 5.91 Å². The lowest BCUT2D eigenvalue weighted by Crippen LogP contribution is -2.42. The minimum atomic E-state index is 0.214. The number of carbonyl (C=O) groups excluding carboxylic acids is 1. The second kappa shape index (κ2) is 7.66. The van der Waals surface area contributed by atoms with E-state index in [1.54, 1.807) is 0 Å². The monoisotopic (exact) mass is 226 g/mol. The van der Waals surface area contributed by atoms with E-state index in [9.17, 15) is 4.79 Å². The molecule has 1 aliphatic carbocycles. The molecule has 94 valence electrons. The fourth-order valence-corrected chi connectivity index (χ4v) is 2.54. The number of hydrogen-bond donors (Lipinski definition) is 2. The summed E-state index contributed by atoms with van der Waals surface area (Å²) in [5.41, 5.74) is 0. The summed E-state index contributed by atoms with van der Waals surface area (Å²) in [5, 5.41) is 6.38. The van der Waals surface area contributed by atoms with E-state index in [0.717, 1.165) is 13.1 Å². The average molecular weight is 226 g/mol. The molecule has 0 radical (unpaired) electrons. The van der Waals surface area contributed by atoms with Crippen LogP contribution in [0.3, 0.4) is 0 Å². The number of amides is 1. The van der Waals surface area contributed by atoms with Gasteiger partial charge in [0, 0.05) is 19.0 Å². The van der Waals surface area contributed by atoms with Crippen LogP contribution in [0.2, 0.25) is 0 Å². The first kappa shape index (κ1) is 13.5. The van der Waals surface area contributed by atoms with Crippen molar-refractivity contribution in [3.05, 3.63) is 0 Å². The summed E-state index contributed by atoms with van der Waals surface area (Å²) < 4.78 is 0. The molecule has 16 heavy (non-hydrogen) atoms. The van der Waals surface area contributed by atoms with Gasteiger partial charge >= 0.3 is 0 Å². The van der Waals surface area contributed by atoms with Gasteiger partial charge in [-0.3, -0.25) is 4.79 Å². The zero-order valence-electron chi connectivity index (χ0n) is 10.7. The van der Waals surface area contributed by atoms with Gasteiger partial charge in [-0.25, -0.2) is 0 Å². The van der Waals surface area contributed by atoms with Crippen molar-refractivity contribution in [1.29, 1.82) is 0 Å². The van der Waals surface area contributed by atoms with Crippen LogP contribution in [-0.4, -0.2) is 25.0 Å². The van der Waals surface area contributed by atoms with Gasteiger partial charge in [-0.2, -0.15) is 0 Å². The Bertz CT molecular complexity index is 206. The third-order valence-electron chi connectivity index (χ3n) is 3.56. The largest absolute Gasteiger partial charge is 0.353 e. The van der Waals surface area contributed by atoms with Gasteiger partial charge in [-0.15, -0.1) is 0 Å². The van der Waals surface area contributed by atoms with Crippen LogP contribution in [0, 0.1) is 5.92 Å². The van der Waals surface area contributed by atoms with E-state index in [2.05, 4.69) is 24.5 Å². The molecule has 2 atom stereocenters. The highest BCUT2D eigenvalue weighted by molar-refractivity contribution is 5.76. The number of hydrogen-bond acceptors (Lipinski definition) is 2. The van der Waals surface area contributed by atoms with Crippen LogP contribution in [0.5, 0.6) is 0 Å². The first-order chi connectivity index (χ1) is 7.77. The van der Waals surface area contributed by atoms with Crippen molar-refractivity contribution in [3.63, 3.8) is 0 Å². The Morgan fingerprint density at radius 1 is 1.25 bits per heavy atom. The fourth-order valence-electron chi connectivity index (χ4n) is 2.54. The molecule has 2 N–H and O–H groups in total. The third-order valence-corrected chi connectivity index (χ3v) is 3.56. The molecule has 0 spiro atoms. The van der Waals surface area contributed by atoms with Crippen molar-refractivity contribution in [2.75, 3.05) is 13.1 Å². The molecular formula is C13H26N2O. The van der Waals surface area contributed by atoms with Crippen molar-refractivity contribution < 1.29 is 4.79 Å². The molecule has 0 aromatic heterocycles. The second-order valence-electron chi connectivity index (χ2n) is 4.73. The fraction of sp³-hybridized carbons (Fsp3) is 0.923. The first-order valence-corrected chi connectivity index (χ1v) is 6.78. The predicted molar refractivity (Wildman–Crippen MR) is 67.3 cm³/mol. The van der Waals surface area contributed by atoms with E-state index in [4.69, 9.17) is 0 Å². The predicted octanol–water partition coefficient (Wildman–Crippen LogP) is 2.07. The summed E-state index contributed by atoms with van der Waals surface area (Å²) in [5.74, 6) is 0.920. The molecule has 1 rings (SSSR count). The van der Waals surface area contributed by atoms with Crippen LogP contribution >= 0.6 is 0 Å². The van der Waals surface area contributed by atoms with Crippen LogP contribution in [0.25, 0.3) is 0 Å². The molecule has 0 bridgehead atoms. The molecule has 3 heteroatoms. The van der Waals surface area contributed by atoms with E-state index in [1.165, 1.54) is 32.1 Å². The SMILES string of the molecule is CCNCCC(=O)NC1CCCCC1CC. The minimum absolute atomic E-state index is 0.214. The van der Waals surface area contributed by atoms with Crippen molar-refractivity contribution in [2.45, 2.75) is 58.4 Å². The van der Waals surface area contributed by atoms with Gasteiger partial charge in [-0.1, -0.05) is 33.1 Å². The average Bonchev–Trinajstić information content (AvgIpc) is 2.30. The van der Waals surface area contributed by atoms with E-state index in [-0.39, 0.29) is 5.91 Å². The molecule has 0 aliphatic heterocycles. The summed E-state index contributed by atoms with van der Waals surface area (Å²) in [4.78, 5) is 11.7. The molecular weight excluding hydrogens is 200 g/mol. The maximum Gasteiger partial charge on any atom is 0.221 e. The minimum Gasteiger partial charge on any atom is -0.353 e. The molecule has 0 heterocycles. The number of nitrogens with one attached hydrogen (secondary N) is 2. The molecule has 3 nitrogen and oxygen atoms in total. The van der Waals surface area contributed by atoms with Gasteiger partial charge in [0.2, 0.25) is 5.91 Å². The van der Waals surface area contributed by atoms with Crippen LogP contribution in [0.4, 0.5) is 0 Å². The highest BCUT2D eigenvalue weighted by Crippen LogP contribution is 2.26. The summed E-state index contributed by atoms with van der Waals surface area (Å²) in [6.45, 7) is 6.03. The molecule has 1 amide bonds. The van der Waals surface area contributed by atoms with E-state index in [1.807, 2.05) is 0 Å². The van der Waals surface area contributed by atoms with Crippen LogP contribution in [0.15, 0.2) is 0 Å². The summed E-state index contributed by atoms with van der Waals surface area (Å²) in [7, 11) is 0. The molecule has 2 unspecified atom stereocenters. The normalized spacial score (nSPS) is 25.4. The van der Waals surface area contributed by atoms with Gasteiger partial charge in [0.25, 0.3) is 0 Å². The highest BCUT2D eigenvalue weighted by atomic mass is 16.1. The zero-order chi connectivity index (χ0) is 11.8. The Hall–Kier alpha value is -0.570. The first-order valence-electron chi connectivity index (χ1n) is 6.78. The Morgan fingerprint density at radius 3 is 2.69 bits per heavy atom. The van der Waals surface area contributed by atoms with Crippen LogP contribution in [0.1, 0.15) is 52.4 Å². The summed E-state index contributed by atoms with van der Waals surface area (Å²) >= 11 is 0. The highest BCUT2D eigenvalue weighted by Gasteiger charge is 2.24. The van der Waals surface area contributed by atoms with Crippen molar-refractivity contribution in [2.24, 2.45) is 5.92 Å². The smallest absolute Gasteiger partial charge is 0.221 e. The molecule has 0 saturated heterocycles. The van der Waals surface area contributed by atoms with Crippen LogP contribution in [-0.2, 0) is 4.79 Å².